The van der Waals surface area contributed by atoms with E-state index >= 15 is 0 Å². The Kier molecular flexibility index (Phi) is 12.9. The molecular weight excluding hydrogens is 665 g/mol. The summed E-state index contributed by atoms with van der Waals surface area (Å²) in [6, 6.07) is 31.9. The Balaban J connectivity index is 1.38. The van der Waals surface area contributed by atoms with E-state index in [1.165, 1.54) is 11.3 Å². The highest BCUT2D eigenvalue weighted by molar-refractivity contribution is 5.95. The molecule has 0 fully saturated rings. The summed E-state index contributed by atoms with van der Waals surface area (Å²) < 4.78 is 6.72. The summed E-state index contributed by atoms with van der Waals surface area (Å²) in [5, 5.41) is 6.10. The van der Waals surface area contributed by atoms with Crippen LogP contribution >= 0.6 is 0 Å². The number of allylic oxidation sites excluding steroid dienone is 8. The quantitative estimate of drug-likeness (QED) is 0.143. The predicted molar refractivity (Wildman–Crippen MR) is 229 cm³/mol. The third-order valence-corrected chi connectivity index (χ3v) is 9.78. The second kappa shape index (κ2) is 17.8. The van der Waals surface area contributed by atoms with Crippen LogP contribution in [0.3, 0.4) is 0 Å². The topological polar surface area (TPSA) is 66.0 Å². The van der Waals surface area contributed by atoms with Crippen LogP contribution in [-0.2, 0) is 5.54 Å². The number of ether oxygens (including phenoxy) is 1. The molecule has 0 aliphatic heterocycles. The lowest BCUT2D eigenvalue weighted by atomic mass is 9.92. The number of anilines is 2. The van der Waals surface area contributed by atoms with Crippen LogP contribution in [0.1, 0.15) is 76.1 Å². The second-order valence-corrected chi connectivity index (χ2v) is 14.6. The largest absolute Gasteiger partial charge is 0.457 e. The normalized spacial score (nSPS) is 14.7. The molecule has 6 nitrogen and oxygen atoms in total. The summed E-state index contributed by atoms with van der Waals surface area (Å²) in [4.78, 5) is 20.2. The van der Waals surface area contributed by atoms with Crippen LogP contribution in [0.2, 0.25) is 0 Å². The minimum Gasteiger partial charge on any atom is -0.457 e. The highest BCUT2D eigenvalue weighted by atomic mass is 16.5. The van der Waals surface area contributed by atoms with Gasteiger partial charge in [0.2, 0.25) is 0 Å². The molecule has 2 amide bonds. The maximum atomic E-state index is 13.1. The highest BCUT2D eigenvalue weighted by Crippen LogP contribution is 2.34. The van der Waals surface area contributed by atoms with Gasteiger partial charge in [-0.15, -0.1) is 0 Å². The lowest BCUT2D eigenvalue weighted by molar-refractivity contribution is 0.242. The molecule has 1 aliphatic rings. The summed E-state index contributed by atoms with van der Waals surface area (Å²) in [6.07, 6.45) is 11.4. The van der Waals surface area contributed by atoms with Crippen LogP contribution < -0.4 is 20.3 Å². The molecule has 0 bridgehead atoms. The molecule has 2 N–H and O–H groups in total. The molecule has 278 valence electrons. The summed E-state index contributed by atoms with van der Waals surface area (Å²) >= 11 is 0. The van der Waals surface area contributed by atoms with E-state index < -0.39 is 5.54 Å². The molecule has 0 radical (unpaired) electrons. The minimum absolute atomic E-state index is 0.289. The van der Waals surface area contributed by atoms with E-state index in [-0.39, 0.29) is 6.03 Å². The zero-order valence-electron chi connectivity index (χ0n) is 33.1. The van der Waals surface area contributed by atoms with Gasteiger partial charge in [0.05, 0.1) is 11.2 Å². The van der Waals surface area contributed by atoms with Crippen LogP contribution in [0, 0.1) is 13.8 Å². The first-order valence-corrected chi connectivity index (χ1v) is 18.6. The molecule has 6 heteroatoms. The number of nitrogens with zero attached hydrogens (tertiary/aromatic N) is 2. The van der Waals surface area contributed by atoms with Crippen molar-refractivity contribution in [2.45, 2.75) is 73.3 Å². The third kappa shape index (κ3) is 10.4. The Morgan fingerprint density at radius 2 is 1.59 bits per heavy atom. The van der Waals surface area contributed by atoms with Crippen LogP contribution in [0.4, 0.5) is 21.9 Å². The average Bonchev–Trinajstić information content (AvgIpc) is 3.15. The zero-order valence-corrected chi connectivity index (χ0v) is 33.1. The maximum absolute atomic E-state index is 13.1. The molecule has 0 spiro atoms. The number of nitrogens with one attached hydrogen (secondary N) is 2. The van der Waals surface area contributed by atoms with Gasteiger partial charge < -0.3 is 20.3 Å². The number of hydrogen-bond acceptors (Lipinski definition) is 4. The first-order chi connectivity index (χ1) is 25.8. The van der Waals surface area contributed by atoms with Crippen molar-refractivity contribution in [1.82, 2.24) is 5.32 Å². The van der Waals surface area contributed by atoms with E-state index in [2.05, 4.69) is 111 Å². The predicted octanol–water partition coefficient (Wildman–Crippen LogP) is 12.5. The molecule has 0 heterocycles. The fourth-order valence-corrected chi connectivity index (χ4v) is 6.37. The van der Waals surface area contributed by atoms with Crippen molar-refractivity contribution in [2.75, 3.05) is 17.3 Å². The molecule has 0 unspecified atom stereocenters. The number of benzene rings is 4. The molecule has 0 saturated carbocycles. The van der Waals surface area contributed by atoms with Crippen LogP contribution in [0.5, 0.6) is 5.75 Å². The van der Waals surface area contributed by atoms with Crippen molar-refractivity contribution in [3.63, 3.8) is 0 Å². The van der Waals surface area contributed by atoms with Crippen LogP contribution in [0.15, 0.2) is 156 Å². The van der Waals surface area contributed by atoms with Gasteiger partial charge in [-0.25, -0.2) is 4.79 Å². The fraction of sp³-hybridized carbons (Fsp3) is 0.250. The third-order valence-electron chi connectivity index (χ3n) is 9.78. The van der Waals surface area contributed by atoms with E-state index in [1.807, 2.05) is 88.4 Å². The molecular formula is C48H54N4O2. The summed E-state index contributed by atoms with van der Waals surface area (Å²) in [5.74, 6) is 1.54. The van der Waals surface area contributed by atoms with Crippen molar-refractivity contribution in [1.29, 1.82) is 0 Å². The Bertz CT molecular complexity index is 2150. The number of rotatable bonds is 12. The van der Waals surface area contributed by atoms with E-state index in [4.69, 9.17) is 9.73 Å². The maximum Gasteiger partial charge on any atom is 0.319 e. The van der Waals surface area contributed by atoms with Gasteiger partial charge in [-0.2, -0.15) is 0 Å². The molecule has 5 rings (SSSR count). The number of carbonyl (C=O) groups is 1. The number of hydrogen-bond donors (Lipinski definition) is 2. The number of aryl methyl sites for hydroxylation is 2. The zero-order chi connectivity index (χ0) is 38.8. The fourth-order valence-electron chi connectivity index (χ4n) is 6.37. The lowest BCUT2D eigenvalue weighted by Crippen LogP contribution is -2.43. The number of carbonyl (C=O) groups excluding carboxylic acids is 1. The van der Waals surface area contributed by atoms with Gasteiger partial charge in [0.15, 0.2) is 0 Å². The lowest BCUT2D eigenvalue weighted by Gasteiger charge is -2.27. The number of urea groups is 1. The van der Waals surface area contributed by atoms with Gasteiger partial charge in [0.1, 0.15) is 11.5 Å². The number of amides is 2. The summed E-state index contributed by atoms with van der Waals surface area (Å²) in [7, 11) is 2.10. The van der Waals surface area contributed by atoms with Crippen LogP contribution in [0.25, 0.3) is 5.57 Å². The van der Waals surface area contributed by atoms with E-state index in [0.717, 1.165) is 75.5 Å². The van der Waals surface area contributed by atoms with Crippen LogP contribution in [-0.4, -0.2) is 18.8 Å². The Morgan fingerprint density at radius 3 is 2.30 bits per heavy atom. The van der Waals surface area contributed by atoms with Crippen molar-refractivity contribution in [2.24, 2.45) is 4.99 Å². The van der Waals surface area contributed by atoms with Gasteiger partial charge in [-0.1, -0.05) is 78.9 Å². The van der Waals surface area contributed by atoms with Gasteiger partial charge in [-0.3, -0.25) is 4.99 Å². The van der Waals surface area contributed by atoms with Gasteiger partial charge in [0, 0.05) is 29.8 Å². The number of para-hydroxylation sites is 2. The summed E-state index contributed by atoms with van der Waals surface area (Å²) in [5.41, 5.74) is 11.9. The van der Waals surface area contributed by atoms with E-state index in [0.29, 0.717) is 11.4 Å². The molecule has 4 aromatic rings. The first kappa shape index (κ1) is 39.3. The molecule has 54 heavy (non-hydrogen) atoms. The summed E-state index contributed by atoms with van der Waals surface area (Å²) in [6.45, 7) is 18.4. The Labute approximate surface area is 322 Å². The molecule has 0 aromatic heterocycles. The molecule has 4 aromatic carbocycles. The minimum atomic E-state index is -0.594. The monoisotopic (exact) mass is 718 g/mol. The van der Waals surface area contributed by atoms with Crippen molar-refractivity contribution < 1.29 is 9.53 Å². The SMILES string of the molecule is C=C(C)c1cccc(C(C)(C)NC(=O)Nc2ccc(OC3=C(/C=C/C(C)=Nc4ccccc4C)CCC/C3=C\C=C(/C)N(C)c3ccccc3C)cc2)c1. The van der Waals surface area contributed by atoms with Gasteiger partial charge in [0.25, 0.3) is 0 Å². The Morgan fingerprint density at radius 1 is 0.889 bits per heavy atom. The van der Waals surface area contributed by atoms with Gasteiger partial charge in [-0.05, 0) is 156 Å². The molecule has 1 aliphatic carbocycles. The van der Waals surface area contributed by atoms with E-state index in [1.54, 1.807) is 0 Å². The molecule has 0 saturated heterocycles. The second-order valence-electron chi connectivity index (χ2n) is 14.6. The van der Waals surface area contributed by atoms with E-state index in [9.17, 15) is 4.79 Å². The number of aliphatic imine (C=N–C) groups is 1. The van der Waals surface area contributed by atoms with Crippen molar-refractivity contribution in [3.8, 4) is 5.75 Å². The molecule has 0 atom stereocenters. The first-order valence-electron chi connectivity index (χ1n) is 18.6. The Hall–Kier alpha value is -5.88. The standard InChI is InChI=1S/C48H54N4O2/c1-33(2)40-20-15-21-41(32-40)48(7,8)51-47(53)50-42-28-30-43(31-29-42)54-46-38(26-24-36(5)49-44-22-12-10-16-34(44)3)18-14-19-39(46)27-25-37(6)52(9)45-23-13-11-17-35(45)4/h10-13,15-17,20-32H,1,14,18-19H2,2-9H3,(H2,50,51,53)/b26-24+,37-25+,39-27+,49-36?. The van der Waals surface area contributed by atoms with Crippen molar-refractivity contribution >= 4 is 34.4 Å². The smallest absolute Gasteiger partial charge is 0.319 e. The van der Waals surface area contributed by atoms with Gasteiger partial charge >= 0.3 is 6.03 Å². The highest BCUT2D eigenvalue weighted by Gasteiger charge is 2.24. The van der Waals surface area contributed by atoms with Crippen molar-refractivity contribution in [3.05, 3.63) is 173 Å². The average molecular weight is 719 g/mol.